The van der Waals surface area contributed by atoms with Gasteiger partial charge in [-0.15, -0.1) is 0 Å². The predicted octanol–water partition coefficient (Wildman–Crippen LogP) is 2.48. The van der Waals surface area contributed by atoms with Crippen LogP contribution in [0.3, 0.4) is 0 Å². The molecule has 23 heavy (non-hydrogen) atoms. The van der Waals surface area contributed by atoms with Crippen molar-refractivity contribution in [2.75, 3.05) is 17.2 Å². The molecule has 6 heteroatoms. The molecule has 2 amide bonds. The van der Waals surface area contributed by atoms with Gasteiger partial charge in [0, 0.05) is 23.9 Å². The zero-order valence-electron chi connectivity index (χ0n) is 12.5. The lowest BCUT2D eigenvalue weighted by atomic mass is 10.2. The van der Waals surface area contributed by atoms with Gasteiger partial charge in [0.2, 0.25) is 5.91 Å². The van der Waals surface area contributed by atoms with E-state index in [4.69, 9.17) is 4.74 Å². The van der Waals surface area contributed by atoms with E-state index in [2.05, 4.69) is 10.6 Å². The molecule has 118 valence electrons. The van der Waals surface area contributed by atoms with E-state index in [9.17, 15) is 14.4 Å². The smallest absolute Gasteiger partial charge is 0.262 e. The van der Waals surface area contributed by atoms with Crippen molar-refractivity contribution in [2.24, 2.45) is 0 Å². The Labute approximate surface area is 133 Å². The van der Waals surface area contributed by atoms with E-state index >= 15 is 0 Å². The number of anilines is 2. The fourth-order valence-electron chi connectivity index (χ4n) is 1.83. The van der Waals surface area contributed by atoms with E-state index in [0.717, 1.165) is 6.29 Å². The number of aldehydes is 1. The number of benzene rings is 2. The maximum absolute atomic E-state index is 11.8. The van der Waals surface area contributed by atoms with Crippen LogP contribution in [0.1, 0.15) is 17.3 Å². The van der Waals surface area contributed by atoms with Crippen molar-refractivity contribution in [2.45, 2.75) is 6.92 Å². The largest absolute Gasteiger partial charge is 0.484 e. The molecular weight excluding hydrogens is 296 g/mol. The molecule has 2 rings (SSSR count). The number of ether oxygens (including phenoxy) is 1. The minimum absolute atomic E-state index is 0.145. The molecule has 2 aromatic carbocycles. The van der Waals surface area contributed by atoms with E-state index in [1.54, 1.807) is 48.5 Å². The second-order valence-corrected chi connectivity index (χ2v) is 4.78. The molecule has 0 radical (unpaired) electrons. The molecule has 6 nitrogen and oxygen atoms in total. The predicted molar refractivity (Wildman–Crippen MR) is 86.7 cm³/mol. The summed E-state index contributed by atoms with van der Waals surface area (Å²) in [5.41, 5.74) is 1.80. The van der Waals surface area contributed by atoms with Crippen LogP contribution in [0.2, 0.25) is 0 Å². The number of nitrogens with one attached hydrogen (secondary N) is 2. The summed E-state index contributed by atoms with van der Waals surface area (Å²) in [5.74, 6) is 0.0410. The summed E-state index contributed by atoms with van der Waals surface area (Å²) in [4.78, 5) is 33.3. The first kappa shape index (κ1) is 16.2. The van der Waals surface area contributed by atoms with Crippen LogP contribution in [0.4, 0.5) is 11.4 Å². The highest BCUT2D eigenvalue weighted by Crippen LogP contribution is 2.14. The zero-order valence-corrected chi connectivity index (χ0v) is 12.5. The van der Waals surface area contributed by atoms with Crippen molar-refractivity contribution < 1.29 is 19.1 Å². The monoisotopic (exact) mass is 312 g/mol. The first-order valence-electron chi connectivity index (χ1n) is 6.92. The molecule has 0 spiro atoms. The number of carbonyl (C=O) groups is 3. The summed E-state index contributed by atoms with van der Waals surface area (Å²) in [6, 6.07) is 13.2. The van der Waals surface area contributed by atoms with Gasteiger partial charge in [-0.25, -0.2) is 0 Å². The Hall–Kier alpha value is -3.15. The molecule has 2 N–H and O–H groups in total. The number of hydrogen-bond acceptors (Lipinski definition) is 4. The van der Waals surface area contributed by atoms with Gasteiger partial charge in [-0.1, -0.05) is 0 Å². The first-order chi connectivity index (χ1) is 11.1. The minimum atomic E-state index is -0.309. The maximum Gasteiger partial charge on any atom is 0.262 e. The van der Waals surface area contributed by atoms with Gasteiger partial charge in [-0.2, -0.15) is 0 Å². The third-order valence-electron chi connectivity index (χ3n) is 2.88. The molecule has 0 heterocycles. The van der Waals surface area contributed by atoms with E-state index < -0.39 is 0 Å². The van der Waals surface area contributed by atoms with Crippen LogP contribution in [-0.2, 0) is 9.59 Å². The molecule has 2 aromatic rings. The molecule has 0 saturated heterocycles. The van der Waals surface area contributed by atoms with Crippen molar-refractivity contribution in [1.82, 2.24) is 0 Å². The van der Waals surface area contributed by atoms with Crippen LogP contribution in [0.25, 0.3) is 0 Å². The first-order valence-corrected chi connectivity index (χ1v) is 6.92. The highest BCUT2D eigenvalue weighted by Gasteiger charge is 2.04. The maximum atomic E-state index is 11.8. The summed E-state index contributed by atoms with van der Waals surface area (Å²) in [6.07, 6.45) is 0.737. The van der Waals surface area contributed by atoms with E-state index in [0.29, 0.717) is 22.7 Å². The van der Waals surface area contributed by atoms with Crippen LogP contribution in [0.5, 0.6) is 5.75 Å². The molecule has 0 aromatic heterocycles. The summed E-state index contributed by atoms with van der Waals surface area (Å²) in [6.45, 7) is 1.28. The lowest BCUT2D eigenvalue weighted by molar-refractivity contribution is -0.118. The Bertz CT molecular complexity index is 694. The third-order valence-corrected chi connectivity index (χ3v) is 2.88. The highest BCUT2D eigenvalue weighted by atomic mass is 16.5. The standard InChI is InChI=1S/C17H16N2O4/c1-12(21)18-14-4-6-15(7-5-14)19-17(22)11-23-16-8-2-13(10-20)3-9-16/h2-10H,11H2,1H3,(H,18,21)(H,19,22). The van der Waals surface area contributed by atoms with Crippen LogP contribution >= 0.6 is 0 Å². The minimum Gasteiger partial charge on any atom is -0.484 e. The van der Waals surface area contributed by atoms with E-state index in [1.165, 1.54) is 6.92 Å². The topological polar surface area (TPSA) is 84.5 Å². The fourth-order valence-corrected chi connectivity index (χ4v) is 1.83. The average Bonchev–Trinajstić information content (AvgIpc) is 2.55. The number of amides is 2. The van der Waals surface area contributed by atoms with Gasteiger partial charge >= 0.3 is 0 Å². The van der Waals surface area contributed by atoms with E-state index in [1.807, 2.05) is 0 Å². The Balaban J connectivity index is 1.84. The Morgan fingerprint density at radius 3 is 2.04 bits per heavy atom. The molecule has 0 unspecified atom stereocenters. The Morgan fingerprint density at radius 1 is 0.957 bits per heavy atom. The fraction of sp³-hybridized carbons (Fsp3) is 0.118. The van der Waals surface area contributed by atoms with Crippen LogP contribution in [0.15, 0.2) is 48.5 Å². The molecule has 0 fully saturated rings. The molecule has 0 saturated carbocycles. The zero-order chi connectivity index (χ0) is 16.7. The highest BCUT2D eigenvalue weighted by molar-refractivity contribution is 5.93. The lowest BCUT2D eigenvalue weighted by Crippen LogP contribution is -2.20. The molecule has 0 aliphatic carbocycles. The lowest BCUT2D eigenvalue weighted by Gasteiger charge is -2.08. The Kier molecular flexibility index (Phi) is 5.46. The van der Waals surface area contributed by atoms with Crippen LogP contribution < -0.4 is 15.4 Å². The second-order valence-electron chi connectivity index (χ2n) is 4.78. The van der Waals surface area contributed by atoms with Crippen LogP contribution in [0, 0.1) is 0 Å². The van der Waals surface area contributed by atoms with Gasteiger partial charge in [0.25, 0.3) is 5.91 Å². The van der Waals surface area contributed by atoms with Crippen molar-refractivity contribution in [3.8, 4) is 5.75 Å². The summed E-state index contributed by atoms with van der Waals surface area (Å²) < 4.78 is 5.33. The van der Waals surface area contributed by atoms with Gasteiger partial charge in [0.05, 0.1) is 0 Å². The van der Waals surface area contributed by atoms with Crippen molar-refractivity contribution >= 4 is 29.5 Å². The van der Waals surface area contributed by atoms with Crippen molar-refractivity contribution in [1.29, 1.82) is 0 Å². The van der Waals surface area contributed by atoms with E-state index in [-0.39, 0.29) is 18.4 Å². The normalized spacial score (nSPS) is 9.78. The van der Waals surface area contributed by atoms with Gasteiger partial charge in [0.1, 0.15) is 12.0 Å². The number of rotatable bonds is 6. The Morgan fingerprint density at radius 2 is 1.52 bits per heavy atom. The second kappa shape index (κ2) is 7.74. The average molecular weight is 312 g/mol. The number of hydrogen-bond donors (Lipinski definition) is 2. The quantitative estimate of drug-likeness (QED) is 0.803. The van der Waals surface area contributed by atoms with Crippen molar-refractivity contribution in [3.05, 3.63) is 54.1 Å². The van der Waals surface area contributed by atoms with Gasteiger partial charge < -0.3 is 15.4 Å². The van der Waals surface area contributed by atoms with Crippen molar-refractivity contribution in [3.63, 3.8) is 0 Å². The molecular formula is C17H16N2O4. The SMILES string of the molecule is CC(=O)Nc1ccc(NC(=O)COc2ccc(C=O)cc2)cc1. The van der Waals surface area contributed by atoms with Crippen LogP contribution in [-0.4, -0.2) is 24.7 Å². The third kappa shape index (κ3) is 5.28. The van der Waals surface area contributed by atoms with Gasteiger partial charge in [-0.05, 0) is 48.5 Å². The molecule has 0 bridgehead atoms. The summed E-state index contributed by atoms with van der Waals surface area (Å²) >= 11 is 0. The molecule has 0 atom stereocenters. The van der Waals surface area contributed by atoms with Gasteiger partial charge in [-0.3, -0.25) is 14.4 Å². The summed E-state index contributed by atoms with van der Waals surface area (Å²) in [7, 11) is 0. The number of carbonyl (C=O) groups excluding carboxylic acids is 3. The molecule has 0 aliphatic heterocycles. The molecule has 0 aliphatic rings. The van der Waals surface area contributed by atoms with Gasteiger partial charge in [0.15, 0.2) is 6.61 Å². The summed E-state index contributed by atoms with van der Waals surface area (Å²) in [5, 5.41) is 5.32.